The third-order valence-corrected chi connectivity index (χ3v) is 3.44. The molecule has 1 aliphatic carbocycles. The minimum absolute atomic E-state index is 0.267. The number of hydrogen-bond acceptors (Lipinski definition) is 3. The fraction of sp³-hybridized carbons (Fsp3) is 0.667. The van der Waals surface area contributed by atoms with Crippen molar-refractivity contribution in [3.8, 4) is 0 Å². The molecule has 4 N–H and O–H groups in total. The van der Waals surface area contributed by atoms with Gasteiger partial charge in [0, 0.05) is 18.0 Å². The van der Waals surface area contributed by atoms with E-state index in [1.807, 2.05) is 6.92 Å². The molecule has 1 fully saturated rings. The van der Waals surface area contributed by atoms with Crippen molar-refractivity contribution in [1.29, 1.82) is 0 Å². The number of nitrogens with zero attached hydrogens (tertiary/aromatic N) is 1. The molecule has 1 unspecified atom stereocenters. The third-order valence-electron chi connectivity index (χ3n) is 3.44. The van der Waals surface area contributed by atoms with Gasteiger partial charge in [0.15, 0.2) is 0 Å². The molecular weight excluding hydrogens is 218 g/mol. The van der Waals surface area contributed by atoms with Gasteiger partial charge in [0.05, 0.1) is 5.69 Å². The van der Waals surface area contributed by atoms with E-state index in [1.54, 1.807) is 0 Å². The lowest BCUT2D eigenvalue weighted by molar-refractivity contribution is -0.138. The second kappa shape index (κ2) is 4.87. The number of carbonyl (C=O) groups is 1. The molecule has 1 saturated carbocycles. The summed E-state index contributed by atoms with van der Waals surface area (Å²) >= 11 is 0. The van der Waals surface area contributed by atoms with Crippen LogP contribution in [0, 0.1) is 6.92 Å². The Morgan fingerprint density at radius 2 is 2.24 bits per heavy atom. The van der Waals surface area contributed by atoms with E-state index in [9.17, 15) is 4.79 Å². The molecule has 0 aliphatic heterocycles. The molecule has 17 heavy (non-hydrogen) atoms. The monoisotopic (exact) mass is 237 g/mol. The minimum atomic E-state index is -0.985. The highest BCUT2D eigenvalue weighted by Gasteiger charge is 2.23. The maximum atomic E-state index is 10.7. The molecule has 1 atom stereocenters. The Labute approximate surface area is 100 Å². The number of imidazole rings is 1. The molecule has 0 aromatic carbocycles. The molecule has 2 rings (SSSR count). The molecule has 0 saturated heterocycles. The average molecular weight is 237 g/mol. The van der Waals surface area contributed by atoms with Gasteiger partial charge in [-0.2, -0.15) is 0 Å². The first kappa shape index (κ1) is 12.1. The molecule has 5 nitrogen and oxygen atoms in total. The first-order valence-corrected chi connectivity index (χ1v) is 6.11. The van der Waals surface area contributed by atoms with Gasteiger partial charge in [-0.05, 0) is 19.8 Å². The third kappa shape index (κ3) is 2.66. The van der Waals surface area contributed by atoms with Crippen LogP contribution in [0.5, 0.6) is 0 Å². The summed E-state index contributed by atoms with van der Waals surface area (Å²) in [6, 6.07) is -0.878. The lowest BCUT2D eigenvalue weighted by Gasteiger charge is -2.05. The number of H-pyrrole nitrogens is 1. The second-order valence-electron chi connectivity index (χ2n) is 4.82. The number of nitrogens with two attached hydrogens (primary N) is 1. The van der Waals surface area contributed by atoms with Gasteiger partial charge in [-0.1, -0.05) is 12.8 Å². The lowest BCUT2D eigenvalue weighted by Crippen LogP contribution is -2.32. The van der Waals surface area contributed by atoms with Crippen molar-refractivity contribution in [2.24, 2.45) is 5.73 Å². The van der Waals surface area contributed by atoms with Crippen LogP contribution in [-0.4, -0.2) is 27.1 Å². The smallest absolute Gasteiger partial charge is 0.320 e. The Morgan fingerprint density at radius 1 is 1.59 bits per heavy atom. The average Bonchev–Trinajstić information content (AvgIpc) is 2.87. The number of nitrogens with one attached hydrogen (secondary N) is 1. The summed E-state index contributed by atoms with van der Waals surface area (Å²) in [5.41, 5.74) is 7.67. The normalized spacial score (nSPS) is 18.5. The van der Waals surface area contributed by atoms with E-state index in [2.05, 4.69) is 9.97 Å². The number of aliphatic carboxylic acids is 1. The number of carboxylic acid groups (broad SMARTS) is 1. The van der Waals surface area contributed by atoms with Gasteiger partial charge in [0.25, 0.3) is 0 Å². The Morgan fingerprint density at radius 3 is 2.82 bits per heavy atom. The fourth-order valence-electron chi connectivity index (χ4n) is 2.53. The second-order valence-corrected chi connectivity index (χ2v) is 4.82. The van der Waals surface area contributed by atoms with Crippen LogP contribution in [0.3, 0.4) is 0 Å². The quantitative estimate of drug-likeness (QED) is 0.736. The summed E-state index contributed by atoms with van der Waals surface area (Å²) in [7, 11) is 0. The highest BCUT2D eigenvalue weighted by atomic mass is 16.4. The van der Waals surface area contributed by atoms with E-state index >= 15 is 0 Å². The van der Waals surface area contributed by atoms with Gasteiger partial charge >= 0.3 is 5.97 Å². The van der Waals surface area contributed by atoms with Gasteiger partial charge in [-0.25, -0.2) is 4.98 Å². The number of aromatic amines is 1. The minimum Gasteiger partial charge on any atom is -0.480 e. The zero-order valence-electron chi connectivity index (χ0n) is 10.1. The van der Waals surface area contributed by atoms with Crippen LogP contribution >= 0.6 is 0 Å². The van der Waals surface area contributed by atoms with Gasteiger partial charge in [0.2, 0.25) is 0 Å². The Hall–Kier alpha value is -1.36. The standard InChI is InChI=1S/C12H19N3O2/c1-7-11(8-4-2-3-5-8)15-10(14-7)6-9(13)12(16)17/h8-9H,2-6,13H2,1H3,(H,14,15)(H,16,17). The molecule has 1 heterocycles. The predicted molar refractivity (Wildman–Crippen MR) is 63.8 cm³/mol. The number of hydrogen-bond donors (Lipinski definition) is 3. The van der Waals surface area contributed by atoms with E-state index in [0.29, 0.717) is 11.7 Å². The summed E-state index contributed by atoms with van der Waals surface area (Å²) in [6.07, 6.45) is 5.18. The van der Waals surface area contributed by atoms with Crippen molar-refractivity contribution in [3.63, 3.8) is 0 Å². The van der Waals surface area contributed by atoms with Gasteiger partial charge in [-0.3, -0.25) is 4.79 Å². The first-order valence-electron chi connectivity index (χ1n) is 6.11. The molecule has 1 aromatic rings. The van der Waals surface area contributed by atoms with Crippen LogP contribution < -0.4 is 5.73 Å². The zero-order chi connectivity index (χ0) is 12.4. The van der Waals surface area contributed by atoms with E-state index in [4.69, 9.17) is 10.8 Å². The topological polar surface area (TPSA) is 92.0 Å². The Bertz CT molecular complexity index is 408. The SMILES string of the molecule is Cc1[nH]c(CC(N)C(=O)O)nc1C1CCCC1. The largest absolute Gasteiger partial charge is 0.480 e. The molecule has 0 bridgehead atoms. The molecule has 5 heteroatoms. The van der Waals surface area contributed by atoms with Crippen LogP contribution in [0.15, 0.2) is 0 Å². The maximum Gasteiger partial charge on any atom is 0.320 e. The van der Waals surface area contributed by atoms with Crippen LogP contribution in [0.4, 0.5) is 0 Å². The molecular formula is C12H19N3O2. The van der Waals surface area contributed by atoms with Crippen molar-refractivity contribution >= 4 is 5.97 Å². The lowest BCUT2D eigenvalue weighted by atomic mass is 10.0. The van der Waals surface area contributed by atoms with E-state index in [1.165, 1.54) is 25.7 Å². The first-order chi connectivity index (χ1) is 8.08. The number of carboxylic acids is 1. The van der Waals surface area contributed by atoms with Crippen molar-refractivity contribution in [2.45, 2.75) is 51.0 Å². The van der Waals surface area contributed by atoms with Crippen molar-refractivity contribution < 1.29 is 9.90 Å². The number of aromatic nitrogens is 2. The summed E-state index contributed by atoms with van der Waals surface area (Å²) in [5, 5.41) is 8.76. The molecule has 0 amide bonds. The molecule has 1 aromatic heterocycles. The number of aryl methyl sites for hydroxylation is 1. The van der Waals surface area contributed by atoms with Gasteiger partial charge < -0.3 is 15.8 Å². The van der Waals surface area contributed by atoms with Crippen LogP contribution in [-0.2, 0) is 11.2 Å². The summed E-state index contributed by atoms with van der Waals surface area (Å²) < 4.78 is 0. The highest BCUT2D eigenvalue weighted by Crippen LogP contribution is 2.34. The van der Waals surface area contributed by atoms with Crippen LogP contribution in [0.1, 0.15) is 48.8 Å². The van der Waals surface area contributed by atoms with E-state index in [0.717, 1.165) is 11.4 Å². The van der Waals surface area contributed by atoms with E-state index in [-0.39, 0.29) is 6.42 Å². The molecule has 1 aliphatic rings. The Balaban J connectivity index is 2.10. The maximum absolute atomic E-state index is 10.7. The van der Waals surface area contributed by atoms with E-state index < -0.39 is 12.0 Å². The van der Waals surface area contributed by atoms with Gasteiger partial charge in [0.1, 0.15) is 11.9 Å². The van der Waals surface area contributed by atoms with Crippen molar-refractivity contribution in [1.82, 2.24) is 9.97 Å². The zero-order valence-corrected chi connectivity index (χ0v) is 10.1. The van der Waals surface area contributed by atoms with Crippen molar-refractivity contribution in [2.75, 3.05) is 0 Å². The summed E-state index contributed by atoms with van der Waals surface area (Å²) in [4.78, 5) is 18.4. The van der Waals surface area contributed by atoms with Crippen LogP contribution in [0.2, 0.25) is 0 Å². The molecule has 0 radical (unpaired) electrons. The summed E-state index contributed by atoms with van der Waals surface area (Å²) in [5.74, 6) is 0.252. The molecule has 94 valence electrons. The number of rotatable bonds is 4. The highest BCUT2D eigenvalue weighted by molar-refractivity contribution is 5.73. The fourth-order valence-corrected chi connectivity index (χ4v) is 2.53. The molecule has 0 spiro atoms. The van der Waals surface area contributed by atoms with Crippen LogP contribution in [0.25, 0.3) is 0 Å². The summed E-state index contributed by atoms with van der Waals surface area (Å²) in [6.45, 7) is 2.00. The predicted octanol–water partition coefficient (Wildman–Crippen LogP) is 1.33. The van der Waals surface area contributed by atoms with Crippen molar-refractivity contribution in [3.05, 3.63) is 17.2 Å². The Kier molecular flexibility index (Phi) is 3.47. The van der Waals surface area contributed by atoms with Gasteiger partial charge in [-0.15, -0.1) is 0 Å².